The third-order valence-corrected chi connectivity index (χ3v) is 7.29. The van der Waals surface area contributed by atoms with Crippen LogP contribution >= 0.6 is 0 Å². The molecule has 0 saturated heterocycles. The number of carbonyl (C=O) groups excluding carboxylic acids is 1. The highest BCUT2D eigenvalue weighted by atomic mass is 16.5. The molecular formula is C28H37N3O5. The zero-order valence-electron chi connectivity index (χ0n) is 22.3. The minimum Gasteiger partial charge on any atom is -0.507 e. The maximum Gasteiger partial charge on any atom is 0.292 e. The van der Waals surface area contributed by atoms with Gasteiger partial charge in [-0.1, -0.05) is 20.8 Å². The summed E-state index contributed by atoms with van der Waals surface area (Å²) in [7, 11) is 6.77. The Morgan fingerprint density at radius 3 is 2.42 bits per heavy atom. The summed E-state index contributed by atoms with van der Waals surface area (Å²) in [6, 6.07) is 5.54. The second kappa shape index (κ2) is 10.7. The number of aryl methyl sites for hydroxylation is 1. The molecule has 2 aliphatic rings. The molecule has 0 bridgehead atoms. The number of carbonyl (C=O) groups is 1. The summed E-state index contributed by atoms with van der Waals surface area (Å²) in [4.78, 5) is 27.8. The monoisotopic (exact) mass is 495 g/mol. The van der Waals surface area contributed by atoms with Gasteiger partial charge in [0.1, 0.15) is 11.5 Å². The van der Waals surface area contributed by atoms with Gasteiger partial charge >= 0.3 is 0 Å². The van der Waals surface area contributed by atoms with E-state index in [0.717, 1.165) is 28.6 Å². The first-order valence-electron chi connectivity index (χ1n) is 12.2. The van der Waals surface area contributed by atoms with Crippen LogP contribution in [0.4, 0.5) is 0 Å². The van der Waals surface area contributed by atoms with E-state index < -0.39 is 0 Å². The zero-order chi connectivity index (χ0) is 26.7. The normalized spacial score (nSPS) is 20.9. The van der Waals surface area contributed by atoms with Crippen molar-refractivity contribution in [3.63, 3.8) is 0 Å². The molecule has 3 aromatic rings. The van der Waals surface area contributed by atoms with E-state index in [0.29, 0.717) is 35.0 Å². The SMILES string of the molecule is CC.COC=O.COc1cc(-c2cn(C)c(=O)c3cnccc23)cc(O)c1CN(C)CC12CC1(C)C2. The van der Waals surface area contributed by atoms with Crippen molar-refractivity contribution in [1.29, 1.82) is 0 Å². The van der Waals surface area contributed by atoms with Crippen molar-refractivity contribution in [2.75, 3.05) is 27.8 Å². The zero-order valence-corrected chi connectivity index (χ0v) is 22.3. The lowest BCUT2D eigenvalue weighted by molar-refractivity contribution is -0.126. The molecule has 1 aromatic carbocycles. The van der Waals surface area contributed by atoms with Crippen LogP contribution in [0.25, 0.3) is 21.9 Å². The number of rotatable bonds is 7. The van der Waals surface area contributed by atoms with E-state index in [1.807, 2.05) is 26.0 Å². The van der Waals surface area contributed by atoms with Crippen molar-refractivity contribution < 1.29 is 19.4 Å². The lowest BCUT2D eigenvalue weighted by Gasteiger charge is -2.21. The van der Waals surface area contributed by atoms with E-state index in [4.69, 9.17) is 9.53 Å². The summed E-state index contributed by atoms with van der Waals surface area (Å²) in [5, 5.41) is 12.3. The van der Waals surface area contributed by atoms with Gasteiger partial charge in [-0.25, -0.2) is 0 Å². The Morgan fingerprint density at radius 2 is 1.86 bits per heavy atom. The van der Waals surface area contributed by atoms with Gasteiger partial charge in [0.25, 0.3) is 12.0 Å². The predicted octanol–water partition coefficient (Wildman–Crippen LogP) is 4.36. The summed E-state index contributed by atoms with van der Waals surface area (Å²) in [5.41, 5.74) is 3.43. The number of methoxy groups -OCH3 is 2. The number of benzene rings is 1. The number of phenols is 1. The number of hydrogen-bond acceptors (Lipinski definition) is 7. The molecule has 0 spiro atoms. The van der Waals surface area contributed by atoms with Crippen molar-refractivity contribution in [3.05, 3.63) is 52.7 Å². The first kappa shape index (κ1) is 27.2. The Balaban J connectivity index is 0.000000550. The third kappa shape index (κ3) is 5.09. The van der Waals surface area contributed by atoms with Gasteiger partial charge < -0.3 is 24.0 Å². The summed E-state index contributed by atoms with van der Waals surface area (Å²) in [6.45, 7) is 8.41. The van der Waals surface area contributed by atoms with E-state index in [1.54, 1.807) is 43.4 Å². The molecule has 2 saturated carbocycles. The van der Waals surface area contributed by atoms with Crippen molar-refractivity contribution in [3.8, 4) is 22.6 Å². The lowest BCUT2D eigenvalue weighted by atomic mass is 9.99. The Labute approximate surface area is 212 Å². The number of pyridine rings is 2. The molecule has 36 heavy (non-hydrogen) atoms. The van der Waals surface area contributed by atoms with Gasteiger partial charge in [0.15, 0.2) is 0 Å². The predicted molar refractivity (Wildman–Crippen MR) is 141 cm³/mol. The molecule has 2 fully saturated rings. The fraction of sp³-hybridized carbons (Fsp3) is 0.464. The number of aromatic nitrogens is 2. The molecule has 8 nitrogen and oxygen atoms in total. The minimum atomic E-state index is -0.0946. The van der Waals surface area contributed by atoms with Crippen LogP contribution in [0, 0.1) is 10.8 Å². The molecule has 5 rings (SSSR count). The maximum absolute atomic E-state index is 12.5. The summed E-state index contributed by atoms with van der Waals surface area (Å²) in [5.74, 6) is 0.860. The van der Waals surface area contributed by atoms with Crippen LogP contribution in [-0.2, 0) is 23.1 Å². The average Bonchev–Trinajstić information content (AvgIpc) is 3.66. The molecule has 2 aliphatic carbocycles. The van der Waals surface area contributed by atoms with Crippen LogP contribution in [0.5, 0.6) is 11.5 Å². The number of nitrogens with zero attached hydrogens (tertiary/aromatic N) is 3. The Bertz CT molecular complexity index is 1290. The summed E-state index contributed by atoms with van der Waals surface area (Å²) in [6.07, 6.45) is 7.70. The van der Waals surface area contributed by atoms with Gasteiger partial charge in [0.2, 0.25) is 0 Å². The minimum absolute atomic E-state index is 0.0946. The maximum atomic E-state index is 12.5. The first-order chi connectivity index (χ1) is 17.2. The molecule has 1 N–H and O–H groups in total. The van der Waals surface area contributed by atoms with Crippen LogP contribution < -0.4 is 10.3 Å². The molecule has 8 heteroatoms. The number of hydrogen-bond donors (Lipinski definition) is 1. The van der Waals surface area contributed by atoms with Crippen LogP contribution in [0.3, 0.4) is 0 Å². The van der Waals surface area contributed by atoms with Gasteiger partial charge in [-0.15, -0.1) is 0 Å². The van der Waals surface area contributed by atoms with E-state index in [2.05, 4.69) is 28.6 Å². The van der Waals surface area contributed by atoms with Gasteiger partial charge in [0, 0.05) is 49.9 Å². The van der Waals surface area contributed by atoms with Crippen LogP contribution in [-0.4, -0.2) is 53.8 Å². The van der Waals surface area contributed by atoms with E-state index in [9.17, 15) is 9.90 Å². The van der Waals surface area contributed by atoms with Crippen molar-refractivity contribution in [1.82, 2.24) is 14.5 Å². The fourth-order valence-electron chi connectivity index (χ4n) is 5.17. The molecule has 194 valence electrons. The van der Waals surface area contributed by atoms with Crippen molar-refractivity contribution in [2.24, 2.45) is 17.9 Å². The van der Waals surface area contributed by atoms with Crippen LogP contribution in [0.15, 0.2) is 41.6 Å². The van der Waals surface area contributed by atoms with E-state index >= 15 is 0 Å². The Kier molecular flexibility index (Phi) is 8.09. The molecule has 0 amide bonds. The Morgan fingerprint density at radius 1 is 1.22 bits per heavy atom. The molecule has 0 atom stereocenters. The second-order valence-corrected chi connectivity index (χ2v) is 9.76. The largest absolute Gasteiger partial charge is 0.507 e. The quantitative estimate of drug-likeness (QED) is 0.487. The standard InChI is InChI=1S/C24H27N3O3.C2H4O2.C2H6/c1-23-12-24(23,13-23)14-26(2)10-19-20(28)7-15(8-21(19)30-4)18-11-27(3)22(29)17-9-25-6-5-16(17)18;1-4-2-3;1-2/h5-9,11,28H,10,12-14H2,1-4H3;2H,1H3;1-2H3. The van der Waals surface area contributed by atoms with Gasteiger partial charge in [-0.2, -0.15) is 0 Å². The first-order valence-corrected chi connectivity index (χ1v) is 12.2. The van der Waals surface area contributed by atoms with Gasteiger partial charge in [0.05, 0.1) is 19.6 Å². The van der Waals surface area contributed by atoms with Gasteiger partial charge in [-0.3, -0.25) is 14.6 Å². The van der Waals surface area contributed by atoms with Crippen LogP contribution in [0.1, 0.15) is 39.2 Å². The topological polar surface area (TPSA) is 93.9 Å². The number of fused-ring (bicyclic) bond motifs is 2. The third-order valence-electron chi connectivity index (χ3n) is 7.29. The molecule has 2 heterocycles. The molecular weight excluding hydrogens is 458 g/mol. The molecule has 0 radical (unpaired) electrons. The van der Waals surface area contributed by atoms with Crippen LogP contribution in [0.2, 0.25) is 0 Å². The molecule has 0 unspecified atom stereocenters. The molecule has 0 aliphatic heterocycles. The highest BCUT2D eigenvalue weighted by molar-refractivity contribution is 5.95. The molecule has 2 aromatic heterocycles. The van der Waals surface area contributed by atoms with Crippen molar-refractivity contribution >= 4 is 17.2 Å². The smallest absolute Gasteiger partial charge is 0.292 e. The number of ether oxygens (including phenoxy) is 2. The highest BCUT2D eigenvalue weighted by Gasteiger charge is 2.79. The fourth-order valence-corrected chi connectivity index (χ4v) is 5.17. The highest BCUT2D eigenvalue weighted by Crippen LogP contribution is 2.85. The van der Waals surface area contributed by atoms with Gasteiger partial charge in [-0.05, 0) is 59.9 Å². The van der Waals surface area contributed by atoms with Crippen molar-refractivity contribution in [2.45, 2.75) is 40.2 Å². The number of aromatic hydroxyl groups is 1. The number of phenolic OH excluding ortho intramolecular Hbond substituents is 1. The van der Waals surface area contributed by atoms with E-state index in [-0.39, 0.29) is 11.3 Å². The summed E-state index contributed by atoms with van der Waals surface area (Å²) >= 11 is 0. The lowest BCUT2D eigenvalue weighted by Crippen LogP contribution is -2.23. The Hall–Kier alpha value is -3.39. The average molecular weight is 496 g/mol. The second-order valence-electron chi connectivity index (χ2n) is 9.76. The van der Waals surface area contributed by atoms with E-state index in [1.165, 1.54) is 20.0 Å². The summed E-state index contributed by atoms with van der Waals surface area (Å²) < 4.78 is 11.1.